The lowest BCUT2D eigenvalue weighted by Gasteiger charge is -2.33. The van der Waals surface area contributed by atoms with E-state index in [1.54, 1.807) is 0 Å². The number of rotatable bonds is 2. The fraction of sp³-hybridized carbons (Fsp3) is 0.538. The Kier molecular flexibility index (Phi) is 3.45. The maximum Gasteiger partial charge on any atom is 0.475 e. The lowest BCUT2D eigenvalue weighted by atomic mass is 9.66. The zero-order chi connectivity index (χ0) is 11.5. The molecule has 1 aromatic rings. The van der Waals surface area contributed by atoms with Gasteiger partial charge in [-0.1, -0.05) is 30.3 Å². The van der Waals surface area contributed by atoms with E-state index in [0.717, 1.165) is 19.8 Å². The fourth-order valence-electron chi connectivity index (χ4n) is 2.86. The van der Waals surface area contributed by atoms with Crippen LogP contribution in [0, 0.1) is 0 Å². The van der Waals surface area contributed by atoms with Gasteiger partial charge in [-0.3, -0.25) is 0 Å². The van der Waals surface area contributed by atoms with Crippen molar-refractivity contribution >= 4 is 7.12 Å². The van der Waals surface area contributed by atoms with E-state index in [2.05, 4.69) is 35.6 Å². The van der Waals surface area contributed by atoms with Gasteiger partial charge in [-0.2, -0.15) is 0 Å². The SMILES string of the molecule is c1ccc(C2CCCNC2B2OCCO2)cc1. The zero-order valence-electron chi connectivity index (χ0n) is 9.97. The molecule has 4 heteroatoms. The molecule has 2 heterocycles. The lowest BCUT2D eigenvalue weighted by molar-refractivity contribution is 0.306. The van der Waals surface area contributed by atoms with Gasteiger partial charge < -0.3 is 14.6 Å². The third kappa shape index (κ3) is 2.39. The largest absolute Gasteiger partial charge is 0.475 e. The first-order valence-electron chi connectivity index (χ1n) is 6.47. The predicted octanol–water partition coefficient (Wildman–Crippen LogP) is 1.60. The van der Waals surface area contributed by atoms with Gasteiger partial charge in [0, 0.05) is 5.94 Å². The number of piperidine rings is 1. The van der Waals surface area contributed by atoms with Gasteiger partial charge in [0.05, 0.1) is 13.2 Å². The molecule has 90 valence electrons. The molecule has 2 atom stereocenters. The first-order valence-corrected chi connectivity index (χ1v) is 6.47. The first-order chi connectivity index (χ1) is 8.45. The summed E-state index contributed by atoms with van der Waals surface area (Å²) in [5.41, 5.74) is 1.39. The molecular formula is C13H18BNO2. The summed E-state index contributed by atoms with van der Waals surface area (Å²) in [5, 5.41) is 3.56. The Balaban J connectivity index is 1.80. The van der Waals surface area contributed by atoms with Crippen LogP contribution < -0.4 is 5.32 Å². The third-order valence-electron chi connectivity index (χ3n) is 3.67. The molecule has 0 bridgehead atoms. The van der Waals surface area contributed by atoms with Crippen LogP contribution >= 0.6 is 0 Å². The summed E-state index contributed by atoms with van der Waals surface area (Å²) < 4.78 is 11.3. The highest BCUT2D eigenvalue weighted by Gasteiger charge is 2.40. The monoisotopic (exact) mass is 231 g/mol. The number of hydrogen-bond acceptors (Lipinski definition) is 3. The maximum atomic E-state index is 5.66. The smallest absolute Gasteiger partial charge is 0.408 e. The standard InChI is InChI=1S/C13H18BNO2/c1-2-5-11(6-3-1)12-7-4-8-15-13(12)14-16-9-10-17-14/h1-3,5-6,12-13,15H,4,7-10H2. The summed E-state index contributed by atoms with van der Waals surface area (Å²) in [7, 11) is -0.0690. The molecule has 0 spiro atoms. The van der Waals surface area contributed by atoms with Crippen molar-refractivity contribution in [3.8, 4) is 0 Å². The van der Waals surface area contributed by atoms with Crippen molar-refractivity contribution < 1.29 is 9.31 Å². The van der Waals surface area contributed by atoms with Crippen LogP contribution in [0.2, 0.25) is 0 Å². The van der Waals surface area contributed by atoms with Crippen molar-refractivity contribution in [2.75, 3.05) is 19.8 Å². The lowest BCUT2D eigenvalue weighted by Crippen LogP contribution is -2.51. The Hall–Kier alpha value is -0.835. The highest BCUT2D eigenvalue weighted by atomic mass is 16.6. The minimum atomic E-state index is -0.0690. The van der Waals surface area contributed by atoms with Gasteiger partial charge in [-0.05, 0) is 30.9 Å². The average Bonchev–Trinajstić information content (AvgIpc) is 2.94. The van der Waals surface area contributed by atoms with Crippen LogP contribution in [0.15, 0.2) is 30.3 Å². The summed E-state index contributed by atoms with van der Waals surface area (Å²) in [6.45, 7) is 2.52. The minimum absolute atomic E-state index is 0.0690. The van der Waals surface area contributed by atoms with Crippen molar-refractivity contribution in [3.05, 3.63) is 35.9 Å². The van der Waals surface area contributed by atoms with Crippen LogP contribution in [0.4, 0.5) is 0 Å². The van der Waals surface area contributed by atoms with Crippen molar-refractivity contribution in [1.82, 2.24) is 5.32 Å². The molecule has 2 aliphatic heterocycles. The molecule has 0 aromatic heterocycles. The van der Waals surface area contributed by atoms with E-state index >= 15 is 0 Å². The molecule has 3 nitrogen and oxygen atoms in total. The number of nitrogens with one attached hydrogen (secondary N) is 1. The zero-order valence-corrected chi connectivity index (χ0v) is 9.97. The summed E-state index contributed by atoms with van der Waals surface area (Å²) >= 11 is 0. The molecular weight excluding hydrogens is 213 g/mol. The Morgan fingerprint density at radius 2 is 1.88 bits per heavy atom. The Morgan fingerprint density at radius 1 is 1.12 bits per heavy atom. The summed E-state index contributed by atoms with van der Waals surface area (Å²) in [5.74, 6) is 0.807. The van der Waals surface area contributed by atoms with E-state index in [4.69, 9.17) is 9.31 Å². The summed E-state index contributed by atoms with van der Waals surface area (Å²) in [6.07, 6.45) is 2.44. The van der Waals surface area contributed by atoms with Crippen LogP contribution in [0.5, 0.6) is 0 Å². The van der Waals surface area contributed by atoms with E-state index in [1.165, 1.54) is 18.4 Å². The van der Waals surface area contributed by atoms with E-state index in [9.17, 15) is 0 Å². The normalized spacial score (nSPS) is 29.5. The number of hydrogen-bond donors (Lipinski definition) is 1. The minimum Gasteiger partial charge on any atom is -0.408 e. The molecule has 0 aliphatic carbocycles. The highest BCUT2D eigenvalue weighted by Crippen LogP contribution is 2.30. The number of benzene rings is 1. The Bertz CT molecular complexity index is 354. The average molecular weight is 231 g/mol. The molecule has 1 aromatic carbocycles. The molecule has 1 N–H and O–H groups in total. The third-order valence-corrected chi connectivity index (χ3v) is 3.67. The fourth-order valence-corrected chi connectivity index (χ4v) is 2.86. The highest BCUT2D eigenvalue weighted by molar-refractivity contribution is 6.47. The molecule has 0 radical (unpaired) electrons. The van der Waals surface area contributed by atoms with Gasteiger partial charge in [-0.25, -0.2) is 0 Å². The second-order valence-electron chi connectivity index (χ2n) is 4.75. The van der Waals surface area contributed by atoms with Gasteiger partial charge >= 0.3 is 7.12 Å². The van der Waals surface area contributed by atoms with Crippen LogP contribution in [0.25, 0.3) is 0 Å². The Labute approximate surface area is 103 Å². The second kappa shape index (κ2) is 5.21. The van der Waals surface area contributed by atoms with E-state index in [1.807, 2.05) is 0 Å². The van der Waals surface area contributed by atoms with Gasteiger partial charge in [0.25, 0.3) is 0 Å². The van der Waals surface area contributed by atoms with E-state index in [0.29, 0.717) is 11.9 Å². The van der Waals surface area contributed by atoms with Crippen LogP contribution in [-0.2, 0) is 9.31 Å². The van der Waals surface area contributed by atoms with Crippen LogP contribution in [0.1, 0.15) is 24.3 Å². The quantitative estimate of drug-likeness (QED) is 0.784. The van der Waals surface area contributed by atoms with Gasteiger partial charge in [-0.15, -0.1) is 0 Å². The van der Waals surface area contributed by atoms with Crippen molar-refractivity contribution in [2.45, 2.75) is 24.7 Å². The van der Waals surface area contributed by atoms with Crippen molar-refractivity contribution in [1.29, 1.82) is 0 Å². The van der Waals surface area contributed by atoms with Gasteiger partial charge in [0.15, 0.2) is 0 Å². The van der Waals surface area contributed by atoms with Crippen LogP contribution in [0.3, 0.4) is 0 Å². The Morgan fingerprint density at radius 3 is 2.65 bits per heavy atom. The van der Waals surface area contributed by atoms with E-state index < -0.39 is 0 Å². The van der Waals surface area contributed by atoms with Crippen molar-refractivity contribution in [3.63, 3.8) is 0 Å². The molecule has 2 saturated heterocycles. The molecule has 0 saturated carbocycles. The van der Waals surface area contributed by atoms with Gasteiger partial charge in [0.2, 0.25) is 0 Å². The summed E-state index contributed by atoms with van der Waals surface area (Å²) in [6, 6.07) is 10.7. The first kappa shape index (κ1) is 11.3. The van der Waals surface area contributed by atoms with Crippen molar-refractivity contribution in [2.24, 2.45) is 0 Å². The van der Waals surface area contributed by atoms with Gasteiger partial charge in [0.1, 0.15) is 0 Å². The topological polar surface area (TPSA) is 30.5 Å². The maximum absolute atomic E-state index is 5.66. The molecule has 3 rings (SSSR count). The van der Waals surface area contributed by atoms with Crippen LogP contribution in [-0.4, -0.2) is 32.8 Å². The molecule has 2 unspecified atom stereocenters. The molecule has 2 fully saturated rings. The predicted molar refractivity (Wildman–Crippen MR) is 67.9 cm³/mol. The molecule has 0 amide bonds. The second-order valence-corrected chi connectivity index (χ2v) is 4.75. The summed E-state index contributed by atoms with van der Waals surface area (Å²) in [4.78, 5) is 0. The van der Waals surface area contributed by atoms with E-state index in [-0.39, 0.29) is 7.12 Å². The molecule has 17 heavy (non-hydrogen) atoms. The molecule has 2 aliphatic rings.